The fourth-order valence-electron chi connectivity index (χ4n) is 2.38. The third-order valence-electron chi connectivity index (χ3n) is 3.75. The molecule has 27 heavy (non-hydrogen) atoms. The van der Waals surface area contributed by atoms with Crippen molar-refractivity contribution < 1.29 is 23.9 Å². The number of carbonyl (C=O) groups is 3. The van der Waals surface area contributed by atoms with E-state index in [0.717, 1.165) is 5.56 Å². The topological polar surface area (TPSA) is 93.7 Å². The number of benzene rings is 2. The molecular weight excluding hydrogens is 348 g/mol. The lowest BCUT2D eigenvalue weighted by molar-refractivity contribution is -0.124. The second-order valence-corrected chi connectivity index (χ2v) is 5.90. The van der Waals surface area contributed by atoms with E-state index in [-0.39, 0.29) is 24.1 Å². The average molecular weight is 370 g/mol. The number of hydrogen-bond donors (Lipinski definition) is 2. The molecule has 0 spiro atoms. The van der Waals surface area contributed by atoms with Crippen molar-refractivity contribution in [1.82, 2.24) is 5.32 Å². The molecule has 0 aromatic heterocycles. The van der Waals surface area contributed by atoms with Gasteiger partial charge in [-0.1, -0.05) is 12.1 Å². The van der Waals surface area contributed by atoms with Crippen molar-refractivity contribution in [1.29, 1.82) is 0 Å². The van der Waals surface area contributed by atoms with E-state index in [1.807, 2.05) is 31.2 Å². The maximum absolute atomic E-state index is 12.0. The van der Waals surface area contributed by atoms with Gasteiger partial charge in [0.15, 0.2) is 6.61 Å². The predicted molar refractivity (Wildman–Crippen MR) is 101 cm³/mol. The summed E-state index contributed by atoms with van der Waals surface area (Å²) in [5.41, 5.74) is 1.74. The maximum Gasteiger partial charge on any atom is 0.338 e. The Morgan fingerprint density at radius 2 is 1.78 bits per heavy atom. The molecule has 2 rings (SSSR count). The molecule has 0 fully saturated rings. The molecule has 0 aliphatic rings. The molecule has 0 aliphatic carbocycles. The minimum atomic E-state index is -0.617. The fourth-order valence-corrected chi connectivity index (χ4v) is 2.38. The van der Waals surface area contributed by atoms with Gasteiger partial charge in [-0.25, -0.2) is 4.79 Å². The molecule has 0 saturated carbocycles. The molecule has 7 heteroatoms. The van der Waals surface area contributed by atoms with Gasteiger partial charge in [-0.05, 0) is 48.9 Å². The third kappa shape index (κ3) is 6.14. The van der Waals surface area contributed by atoms with Crippen molar-refractivity contribution in [2.75, 3.05) is 19.0 Å². The first kappa shape index (κ1) is 20.0. The minimum Gasteiger partial charge on any atom is -0.497 e. The van der Waals surface area contributed by atoms with Gasteiger partial charge in [-0.3, -0.25) is 9.59 Å². The molecule has 0 unspecified atom stereocenters. The van der Waals surface area contributed by atoms with Crippen LogP contribution in [0, 0.1) is 0 Å². The first-order chi connectivity index (χ1) is 12.9. The number of amides is 2. The van der Waals surface area contributed by atoms with Gasteiger partial charge in [0.1, 0.15) is 5.75 Å². The zero-order valence-electron chi connectivity index (χ0n) is 15.4. The van der Waals surface area contributed by atoms with E-state index in [1.165, 1.54) is 19.1 Å². The predicted octanol–water partition coefficient (Wildman–Crippen LogP) is 2.69. The summed E-state index contributed by atoms with van der Waals surface area (Å²) >= 11 is 0. The summed E-state index contributed by atoms with van der Waals surface area (Å²) in [6, 6.07) is 13.3. The van der Waals surface area contributed by atoms with Crippen LogP contribution in [-0.4, -0.2) is 31.5 Å². The van der Waals surface area contributed by atoms with Crippen LogP contribution in [0.25, 0.3) is 0 Å². The molecule has 2 amide bonds. The highest BCUT2D eigenvalue weighted by Crippen LogP contribution is 2.18. The van der Waals surface area contributed by atoms with Crippen molar-refractivity contribution in [3.05, 3.63) is 59.7 Å². The molecule has 2 N–H and O–H groups in total. The standard InChI is InChI=1S/C20H22N2O5/c1-13(16-5-4-6-18(11-16)26-3)21-19(24)12-27-20(25)15-7-9-17(10-8-15)22-14(2)23/h4-11,13H,12H2,1-3H3,(H,21,24)(H,22,23)/t13-/m1/s1. The molecule has 2 aromatic rings. The second-order valence-electron chi connectivity index (χ2n) is 5.90. The van der Waals surface area contributed by atoms with Gasteiger partial charge in [-0.15, -0.1) is 0 Å². The minimum absolute atomic E-state index is 0.202. The summed E-state index contributed by atoms with van der Waals surface area (Å²) in [4.78, 5) is 35.0. The van der Waals surface area contributed by atoms with Crippen LogP contribution in [0.15, 0.2) is 48.5 Å². The number of methoxy groups -OCH3 is 1. The van der Waals surface area contributed by atoms with Gasteiger partial charge in [0, 0.05) is 12.6 Å². The van der Waals surface area contributed by atoms with Gasteiger partial charge in [0.25, 0.3) is 5.91 Å². The molecule has 1 atom stereocenters. The number of carbonyl (C=O) groups excluding carboxylic acids is 3. The highest BCUT2D eigenvalue weighted by Gasteiger charge is 2.13. The lowest BCUT2D eigenvalue weighted by atomic mass is 10.1. The van der Waals surface area contributed by atoms with E-state index < -0.39 is 11.9 Å². The number of esters is 1. The summed E-state index contributed by atoms with van der Waals surface area (Å²) in [6.45, 7) is 2.84. The van der Waals surface area contributed by atoms with Crippen molar-refractivity contribution in [3.63, 3.8) is 0 Å². The summed E-state index contributed by atoms with van der Waals surface area (Å²) in [7, 11) is 1.57. The van der Waals surface area contributed by atoms with Crippen molar-refractivity contribution in [3.8, 4) is 5.75 Å². The molecule has 0 bridgehead atoms. The van der Waals surface area contributed by atoms with Crippen LogP contribution in [-0.2, 0) is 14.3 Å². The van der Waals surface area contributed by atoms with Crippen LogP contribution in [0.4, 0.5) is 5.69 Å². The quantitative estimate of drug-likeness (QED) is 0.731. The van der Waals surface area contributed by atoms with E-state index in [4.69, 9.17) is 9.47 Å². The monoisotopic (exact) mass is 370 g/mol. The molecule has 0 aliphatic heterocycles. The first-order valence-electron chi connectivity index (χ1n) is 8.37. The Hall–Kier alpha value is -3.35. The van der Waals surface area contributed by atoms with Gasteiger partial charge in [0.05, 0.1) is 18.7 Å². The molecule has 0 heterocycles. The molecule has 0 saturated heterocycles. The van der Waals surface area contributed by atoms with Gasteiger partial charge in [-0.2, -0.15) is 0 Å². The molecule has 0 radical (unpaired) electrons. The number of nitrogens with one attached hydrogen (secondary N) is 2. The number of anilines is 1. The zero-order valence-corrected chi connectivity index (χ0v) is 15.4. The van der Waals surface area contributed by atoms with E-state index in [1.54, 1.807) is 19.2 Å². The Morgan fingerprint density at radius 1 is 1.07 bits per heavy atom. The zero-order chi connectivity index (χ0) is 19.8. The Morgan fingerprint density at radius 3 is 2.41 bits per heavy atom. The first-order valence-corrected chi connectivity index (χ1v) is 8.37. The smallest absolute Gasteiger partial charge is 0.338 e. The van der Waals surface area contributed by atoms with Crippen molar-refractivity contribution in [2.45, 2.75) is 19.9 Å². The normalized spacial score (nSPS) is 11.2. The van der Waals surface area contributed by atoms with E-state index in [0.29, 0.717) is 11.4 Å². The molecule has 142 valence electrons. The van der Waals surface area contributed by atoms with Crippen LogP contribution in [0.5, 0.6) is 5.75 Å². The Bertz CT molecular complexity index is 817. The highest BCUT2D eigenvalue weighted by atomic mass is 16.5. The molecule has 2 aromatic carbocycles. The molecular formula is C20H22N2O5. The fraction of sp³-hybridized carbons (Fsp3) is 0.250. The van der Waals surface area contributed by atoms with Gasteiger partial charge in [0.2, 0.25) is 5.91 Å². The SMILES string of the molecule is COc1cccc([C@@H](C)NC(=O)COC(=O)c2ccc(NC(C)=O)cc2)c1. The summed E-state index contributed by atoms with van der Waals surface area (Å²) in [6.07, 6.45) is 0. The van der Waals surface area contributed by atoms with Gasteiger partial charge < -0.3 is 20.1 Å². The average Bonchev–Trinajstić information content (AvgIpc) is 2.66. The van der Waals surface area contributed by atoms with Crippen LogP contribution in [0.1, 0.15) is 35.8 Å². The summed E-state index contributed by atoms with van der Waals surface area (Å²) in [5.74, 6) is -0.531. The Kier molecular flexibility index (Phi) is 6.93. The lowest BCUT2D eigenvalue weighted by Crippen LogP contribution is -2.31. The number of hydrogen-bond acceptors (Lipinski definition) is 5. The maximum atomic E-state index is 12.0. The largest absolute Gasteiger partial charge is 0.497 e. The number of ether oxygens (including phenoxy) is 2. The van der Waals surface area contributed by atoms with E-state index in [9.17, 15) is 14.4 Å². The third-order valence-corrected chi connectivity index (χ3v) is 3.75. The van der Waals surface area contributed by atoms with Crippen LogP contribution >= 0.6 is 0 Å². The highest BCUT2D eigenvalue weighted by molar-refractivity contribution is 5.93. The second kappa shape index (κ2) is 9.38. The Labute approximate surface area is 157 Å². The summed E-state index contributed by atoms with van der Waals surface area (Å²) < 4.78 is 10.2. The van der Waals surface area contributed by atoms with Crippen LogP contribution in [0.2, 0.25) is 0 Å². The van der Waals surface area contributed by atoms with Crippen molar-refractivity contribution in [2.24, 2.45) is 0 Å². The molecule has 7 nitrogen and oxygen atoms in total. The van der Waals surface area contributed by atoms with E-state index >= 15 is 0 Å². The van der Waals surface area contributed by atoms with Crippen LogP contribution in [0.3, 0.4) is 0 Å². The van der Waals surface area contributed by atoms with Crippen LogP contribution < -0.4 is 15.4 Å². The summed E-state index contributed by atoms with van der Waals surface area (Å²) in [5, 5.41) is 5.37. The van der Waals surface area contributed by atoms with E-state index in [2.05, 4.69) is 10.6 Å². The van der Waals surface area contributed by atoms with Gasteiger partial charge >= 0.3 is 5.97 Å². The van der Waals surface area contributed by atoms with Crippen molar-refractivity contribution >= 4 is 23.5 Å². The number of rotatable bonds is 7. The lowest BCUT2D eigenvalue weighted by Gasteiger charge is -2.15. The Balaban J connectivity index is 1.85.